The third-order valence-electron chi connectivity index (χ3n) is 5.38. The predicted octanol–water partition coefficient (Wildman–Crippen LogP) is 0.0797. The van der Waals surface area contributed by atoms with Gasteiger partial charge >= 0.3 is 11.6 Å². The van der Waals surface area contributed by atoms with E-state index in [1.807, 2.05) is 4.98 Å². The van der Waals surface area contributed by atoms with Gasteiger partial charge in [-0.05, 0) is 28.8 Å². The maximum absolute atomic E-state index is 14.8. The number of alkyl halides is 1. The Bertz CT molecular complexity index is 854. The number of aromatic amines is 1. The van der Waals surface area contributed by atoms with E-state index in [1.54, 1.807) is 0 Å². The van der Waals surface area contributed by atoms with Gasteiger partial charge in [-0.2, -0.15) is 0 Å². The summed E-state index contributed by atoms with van der Waals surface area (Å²) in [6.45, 7) is 1.12. The van der Waals surface area contributed by atoms with Crippen molar-refractivity contribution in [3.63, 3.8) is 0 Å². The van der Waals surface area contributed by atoms with Gasteiger partial charge in [0.1, 0.15) is 12.2 Å². The molecule has 0 aliphatic carbocycles. The highest BCUT2D eigenvalue weighted by molar-refractivity contribution is 9.10. The van der Waals surface area contributed by atoms with Gasteiger partial charge in [0.15, 0.2) is 6.30 Å². The van der Waals surface area contributed by atoms with Gasteiger partial charge < -0.3 is 30.4 Å². The van der Waals surface area contributed by atoms with Crippen LogP contribution in [0.4, 0.5) is 4.39 Å². The van der Waals surface area contributed by atoms with E-state index in [0.29, 0.717) is 12.8 Å². The van der Waals surface area contributed by atoms with Crippen molar-refractivity contribution in [3.8, 4) is 0 Å². The Kier molecular flexibility index (Phi) is 8.93. The molecule has 0 aromatic carbocycles. The van der Waals surface area contributed by atoms with Crippen molar-refractivity contribution >= 4 is 15.9 Å². The number of aromatic nitrogens is 2. The maximum atomic E-state index is 14.8. The Morgan fingerprint density at radius 3 is 2.52 bits per heavy atom. The molecule has 1 unspecified atom stereocenters. The minimum Gasteiger partial charge on any atom is -0.394 e. The number of halogens is 2. The van der Waals surface area contributed by atoms with Gasteiger partial charge in [0, 0.05) is 6.20 Å². The van der Waals surface area contributed by atoms with E-state index in [-0.39, 0.29) is 20.5 Å². The molecule has 1 aromatic rings. The van der Waals surface area contributed by atoms with Crippen LogP contribution in [-0.2, 0) is 10.6 Å². The molecule has 0 spiro atoms. The number of nitrogens with zero attached hydrogens (tertiary/aromatic N) is 2. The Hall–Kier alpha value is -1.19. The lowest BCUT2D eigenvalue weighted by molar-refractivity contribution is -0.428. The van der Waals surface area contributed by atoms with Gasteiger partial charge in [-0.1, -0.05) is 39.0 Å². The molecule has 6 N–H and O–H groups in total. The summed E-state index contributed by atoms with van der Waals surface area (Å²) in [5, 5.41) is 52.1. The minimum atomic E-state index is -3.30. The van der Waals surface area contributed by atoms with Gasteiger partial charge in [-0.25, -0.2) is 13.8 Å². The van der Waals surface area contributed by atoms with E-state index in [9.17, 15) is 39.6 Å². The summed E-state index contributed by atoms with van der Waals surface area (Å²) in [6, 6.07) is 0. The SMILES string of the molecule is CCCCCCCCC(F)N(O)[C@@]1(O)[C@H](O)[C@@H](CO)O[C@@]1(O)n1cc(Br)c(=O)[nH]c1=O. The zero-order valence-corrected chi connectivity index (χ0v) is 18.7. The van der Waals surface area contributed by atoms with Gasteiger partial charge in [0.2, 0.25) is 5.72 Å². The van der Waals surface area contributed by atoms with Crippen molar-refractivity contribution in [1.82, 2.24) is 14.6 Å². The second-order valence-electron chi connectivity index (χ2n) is 7.56. The fourth-order valence-electron chi connectivity index (χ4n) is 3.57. The van der Waals surface area contributed by atoms with Crippen molar-refractivity contribution in [2.45, 2.75) is 82.0 Å². The van der Waals surface area contributed by atoms with Crippen molar-refractivity contribution in [3.05, 3.63) is 31.5 Å². The highest BCUT2D eigenvalue weighted by atomic mass is 79.9. The average Bonchev–Trinajstić information content (AvgIpc) is 2.94. The molecule has 0 amide bonds. The Labute approximate surface area is 185 Å². The number of aliphatic hydroxyl groups excluding tert-OH is 2. The predicted molar refractivity (Wildman–Crippen MR) is 109 cm³/mol. The Morgan fingerprint density at radius 2 is 1.90 bits per heavy atom. The molecule has 178 valence electrons. The van der Waals surface area contributed by atoms with Crippen LogP contribution in [0, 0.1) is 0 Å². The zero-order chi connectivity index (χ0) is 23.4. The lowest BCUT2D eigenvalue weighted by Gasteiger charge is -2.43. The van der Waals surface area contributed by atoms with E-state index in [0.717, 1.165) is 31.9 Å². The van der Waals surface area contributed by atoms with E-state index in [2.05, 4.69) is 22.9 Å². The third kappa shape index (κ3) is 4.93. The summed E-state index contributed by atoms with van der Waals surface area (Å²) in [7, 11) is 0. The van der Waals surface area contributed by atoms with E-state index < -0.39 is 48.0 Å². The van der Waals surface area contributed by atoms with Crippen molar-refractivity contribution in [1.29, 1.82) is 0 Å². The number of H-pyrrole nitrogens is 1. The summed E-state index contributed by atoms with van der Waals surface area (Å²) >= 11 is 2.85. The summed E-state index contributed by atoms with van der Waals surface area (Å²) < 4.78 is 19.9. The minimum absolute atomic E-state index is 0.248. The molecule has 2 rings (SSSR count). The van der Waals surface area contributed by atoms with Crippen LogP contribution in [0.1, 0.15) is 51.9 Å². The molecule has 1 aliphatic heterocycles. The zero-order valence-electron chi connectivity index (χ0n) is 17.1. The molecule has 0 saturated carbocycles. The highest BCUT2D eigenvalue weighted by Gasteiger charge is 2.71. The molecule has 11 nitrogen and oxygen atoms in total. The molecule has 13 heteroatoms. The van der Waals surface area contributed by atoms with Crippen molar-refractivity contribution in [2.24, 2.45) is 0 Å². The van der Waals surface area contributed by atoms with E-state index in [4.69, 9.17) is 4.74 Å². The first kappa shape index (κ1) is 26.1. The van der Waals surface area contributed by atoms with Crippen molar-refractivity contribution < 1.29 is 34.8 Å². The highest BCUT2D eigenvalue weighted by Crippen LogP contribution is 2.44. The molecule has 1 aliphatic rings. The molecule has 1 fully saturated rings. The smallest absolute Gasteiger partial charge is 0.332 e. The summed E-state index contributed by atoms with van der Waals surface area (Å²) in [5.74, 6) is -3.26. The topological polar surface area (TPSA) is 168 Å². The molecule has 31 heavy (non-hydrogen) atoms. The lowest BCUT2D eigenvalue weighted by Crippen LogP contribution is -2.69. The summed E-state index contributed by atoms with van der Waals surface area (Å²) in [4.78, 5) is 25.7. The van der Waals surface area contributed by atoms with Crippen LogP contribution in [0.5, 0.6) is 0 Å². The molecule has 1 aromatic heterocycles. The fraction of sp³-hybridized carbons (Fsp3) is 0.778. The first-order chi connectivity index (χ1) is 14.5. The number of aliphatic hydroxyl groups is 4. The van der Waals surface area contributed by atoms with Gasteiger partial charge in [-0.15, -0.1) is 5.06 Å². The monoisotopic (exact) mass is 513 g/mol. The third-order valence-corrected chi connectivity index (χ3v) is 5.94. The summed E-state index contributed by atoms with van der Waals surface area (Å²) in [6.07, 6.45) is -0.720. The first-order valence-electron chi connectivity index (χ1n) is 10.1. The second kappa shape index (κ2) is 10.6. The molecule has 1 saturated heterocycles. The summed E-state index contributed by atoms with van der Waals surface area (Å²) in [5.41, 5.74) is -5.44. The van der Waals surface area contributed by atoms with Crippen LogP contribution in [0.2, 0.25) is 0 Å². The first-order valence-corrected chi connectivity index (χ1v) is 10.9. The van der Waals surface area contributed by atoms with Crippen LogP contribution in [0.15, 0.2) is 20.3 Å². The Balaban J connectivity index is 2.33. The van der Waals surface area contributed by atoms with Gasteiger partial charge in [0.05, 0.1) is 11.1 Å². The van der Waals surface area contributed by atoms with Crippen LogP contribution >= 0.6 is 15.9 Å². The molecule has 2 heterocycles. The lowest BCUT2D eigenvalue weighted by atomic mass is 10.00. The largest absolute Gasteiger partial charge is 0.394 e. The average molecular weight is 514 g/mol. The van der Waals surface area contributed by atoms with Crippen LogP contribution in [0.3, 0.4) is 0 Å². The molecular formula is C18H29BrFN3O8. The number of rotatable bonds is 11. The molecule has 5 atom stereocenters. The number of nitrogens with one attached hydrogen (secondary N) is 1. The normalized spacial score (nSPS) is 29.6. The number of ether oxygens (including phenoxy) is 1. The molecule has 0 radical (unpaired) electrons. The number of hydroxylamine groups is 2. The molecular weight excluding hydrogens is 485 g/mol. The number of unbranched alkanes of at least 4 members (excludes halogenated alkanes) is 5. The van der Waals surface area contributed by atoms with Gasteiger partial charge in [0.25, 0.3) is 5.56 Å². The Morgan fingerprint density at radius 1 is 1.29 bits per heavy atom. The van der Waals surface area contributed by atoms with Crippen LogP contribution in [-0.4, -0.2) is 71.1 Å². The second-order valence-corrected chi connectivity index (χ2v) is 8.41. The number of hydrogen-bond donors (Lipinski definition) is 6. The quantitative estimate of drug-likeness (QED) is 0.104. The number of hydrogen-bond acceptors (Lipinski definition) is 9. The maximum Gasteiger partial charge on any atom is 0.332 e. The van der Waals surface area contributed by atoms with Gasteiger partial charge in [-0.3, -0.25) is 9.78 Å². The van der Waals surface area contributed by atoms with Crippen LogP contribution < -0.4 is 11.2 Å². The fourth-order valence-corrected chi connectivity index (χ4v) is 3.88. The van der Waals surface area contributed by atoms with Crippen LogP contribution in [0.25, 0.3) is 0 Å². The van der Waals surface area contributed by atoms with E-state index in [1.165, 1.54) is 0 Å². The van der Waals surface area contributed by atoms with E-state index >= 15 is 0 Å². The standard InChI is InChI=1S/C18H29BrFN3O8/c1-2-3-4-5-6-7-8-13(20)23(30)17(28)14(25)12(10-24)31-18(17,29)22-9-11(19)15(26)21-16(22)27/h9,12-14,24-25,28-30H,2-8,10H2,1H3,(H,21,26,27)/t12-,13?,14-,17-,18-/m1/s1. The van der Waals surface area contributed by atoms with Crippen molar-refractivity contribution in [2.75, 3.05) is 6.61 Å². The molecule has 0 bridgehead atoms.